The second kappa shape index (κ2) is 13.4. The van der Waals surface area contributed by atoms with Crippen LogP contribution in [0.4, 0.5) is 4.79 Å². The summed E-state index contributed by atoms with van der Waals surface area (Å²) in [6, 6.07) is -0.904. The molecule has 0 aromatic heterocycles. The Kier molecular flexibility index (Phi) is 12.9. The number of hydrogen-bond acceptors (Lipinski definition) is 4. The third-order valence-electron chi connectivity index (χ3n) is 3.42. The number of carboxylic acid groups (broad SMARTS) is 1. The zero-order valence-corrected chi connectivity index (χ0v) is 16.5. The summed E-state index contributed by atoms with van der Waals surface area (Å²) in [5.74, 6) is 0.268. The molecule has 0 heterocycles. The Morgan fingerprint density at radius 1 is 1.04 bits per heavy atom. The van der Waals surface area contributed by atoms with Crippen LogP contribution in [0.1, 0.15) is 79.1 Å². The van der Waals surface area contributed by atoms with Gasteiger partial charge in [-0.25, -0.2) is 9.59 Å². The number of aliphatic carboxylic acids is 1. The van der Waals surface area contributed by atoms with Gasteiger partial charge in [0.25, 0.3) is 0 Å². The molecule has 0 saturated heterocycles. The maximum absolute atomic E-state index is 11.6. The highest BCUT2D eigenvalue weighted by atomic mass is 32.2. The van der Waals surface area contributed by atoms with E-state index in [2.05, 4.69) is 12.2 Å². The van der Waals surface area contributed by atoms with Gasteiger partial charge in [-0.05, 0) is 32.9 Å². The van der Waals surface area contributed by atoms with Crippen molar-refractivity contribution in [3.05, 3.63) is 0 Å². The summed E-state index contributed by atoms with van der Waals surface area (Å²) in [6.07, 6.45) is 9.42. The van der Waals surface area contributed by atoms with Gasteiger partial charge in [0, 0.05) is 5.75 Å². The highest BCUT2D eigenvalue weighted by Gasteiger charge is 2.23. The molecule has 0 aliphatic rings. The third-order valence-corrected chi connectivity index (χ3v) is 4.56. The molecule has 0 aromatic carbocycles. The quantitative estimate of drug-likeness (QED) is 0.459. The Morgan fingerprint density at radius 2 is 1.58 bits per heavy atom. The van der Waals surface area contributed by atoms with Crippen molar-refractivity contribution in [1.29, 1.82) is 0 Å². The summed E-state index contributed by atoms with van der Waals surface area (Å²) in [5, 5.41) is 11.6. The largest absolute Gasteiger partial charge is 0.480 e. The fourth-order valence-corrected chi connectivity index (χ4v) is 3.20. The molecule has 0 saturated carbocycles. The van der Waals surface area contributed by atoms with Crippen LogP contribution in [-0.4, -0.2) is 40.3 Å². The fourth-order valence-electron chi connectivity index (χ4n) is 2.16. The van der Waals surface area contributed by atoms with Gasteiger partial charge in [-0.15, -0.1) is 0 Å². The maximum Gasteiger partial charge on any atom is 0.408 e. The maximum atomic E-state index is 11.6. The predicted molar refractivity (Wildman–Crippen MR) is 101 cm³/mol. The number of carboxylic acids is 1. The van der Waals surface area contributed by atoms with Crippen molar-refractivity contribution in [2.75, 3.05) is 11.5 Å². The summed E-state index contributed by atoms with van der Waals surface area (Å²) in [7, 11) is 0. The normalized spacial score (nSPS) is 12.7. The molecule has 5 nitrogen and oxygen atoms in total. The Bertz CT molecular complexity index is 355. The molecule has 2 N–H and O–H groups in total. The average Bonchev–Trinajstić information content (AvgIpc) is 2.45. The Labute approximate surface area is 151 Å². The predicted octanol–water partition coefficient (Wildman–Crippen LogP) is 4.84. The second-order valence-electron chi connectivity index (χ2n) is 7.09. The van der Waals surface area contributed by atoms with Gasteiger partial charge in [-0.2, -0.15) is 11.8 Å². The number of amides is 1. The average molecular weight is 362 g/mol. The molecule has 1 atom stereocenters. The lowest BCUT2D eigenvalue weighted by atomic mass is 10.1. The van der Waals surface area contributed by atoms with Crippen LogP contribution in [0.3, 0.4) is 0 Å². The second-order valence-corrected chi connectivity index (χ2v) is 8.24. The van der Waals surface area contributed by atoms with Gasteiger partial charge in [0.15, 0.2) is 0 Å². The smallest absolute Gasteiger partial charge is 0.408 e. The summed E-state index contributed by atoms with van der Waals surface area (Å²) in [5.41, 5.74) is -0.628. The number of alkyl carbamates (subject to hydrolysis) is 1. The minimum atomic E-state index is -1.02. The molecule has 0 bridgehead atoms. The zero-order chi connectivity index (χ0) is 18.4. The van der Waals surface area contributed by atoms with Crippen LogP contribution in [0.2, 0.25) is 0 Å². The number of ether oxygens (including phenoxy) is 1. The van der Waals surface area contributed by atoms with E-state index >= 15 is 0 Å². The molecule has 6 heteroatoms. The van der Waals surface area contributed by atoms with Crippen LogP contribution in [0.15, 0.2) is 0 Å². The number of unbranched alkanes of at least 4 members (excludes halogenated alkanes) is 7. The SMILES string of the molecule is CCCCCCCCCCSC[C@H](NC(=O)OC(C)(C)C)C(=O)O. The van der Waals surface area contributed by atoms with Crippen molar-refractivity contribution in [3.8, 4) is 0 Å². The number of rotatable bonds is 13. The first-order valence-corrected chi connectivity index (χ1v) is 10.2. The van der Waals surface area contributed by atoms with Crippen LogP contribution in [0.25, 0.3) is 0 Å². The van der Waals surface area contributed by atoms with Gasteiger partial charge in [-0.1, -0.05) is 51.9 Å². The Morgan fingerprint density at radius 3 is 2.08 bits per heavy atom. The van der Waals surface area contributed by atoms with Gasteiger partial charge >= 0.3 is 12.1 Å². The Balaban J connectivity index is 3.76. The number of nitrogens with one attached hydrogen (secondary N) is 1. The van der Waals surface area contributed by atoms with Gasteiger partial charge in [-0.3, -0.25) is 0 Å². The Hall–Kier alpha value is -0.910. The number of carbonyl (C=O) groups excluding carboxylic acids is 1. The van der Waals surface area contributed by atoms with E-state index in [4.69, 9.17) is 4.74 Å². The van der Waals surface area contributed by atoms with E-state index in [9.17, 15) is 14.7 Å². The van der Waals surface area contributed by atoms with Crippen molar-refractivity contribution < 1.29 is 19.4 Å². The first-order chi connectivity index (χ1) is 11.3. The lowest BCUT2D eigenvalue weighted by Gasteiger charge is -2.21. The number of hydrogen-bond donors (Lipinski definition) is 2. The van der Waals surface area contributed by atoms with Crippen LogP contribution in [0.5, 0.6) is 0 Å². The van der Waals surface area contributed by atoms with E-state index in [-0.39, 0.29) is 0 Å². The van der Waals surface area contributed by atoms with Crippen molar-refractivity contribution >= 4 is 23.8 Å². The molecule has 142 valence electrons. The van der Waals surface area contributed by atoms with E-state index in [1.807, 2.05) is 0 Å². The standard InChI is InChI=1S/C18H35NO4S/c1-5-6-7-8-9-10-11-12-13-24-14-15(16(20)21)19-17(22)23-18(2,3)4/h15H,5-14H2,1-4H3,(H,19,22)(H,20,21)/t15-/m0/s1. The number of thioether (sulfide) groups is 1. The van der Waals surface area contributed by atoms with Crippen molar-refractivity contribution in [3.63, 3.8) is 0 Å². The molecule has 0 aliphatic heterocycles. The molecule has 0 radical (unpaired) electrons. The minimum absolute atomic E-state index is 0.366. The molecule has 0 fully saturated rings. The lowest BCUT2D eigenvalue weighted by molar-refractivity contribution is -0.138. The van der Waals surface area contributed by atoms with E-state index in [0.717, 1.165) is 12.2 Å². The summed E-state index contributed by atoms with van der Waals surface area (Å²) in [4.78, 5) is 22.9. The van der Waals surface area contributed by atoms with Crippen molar-refractivity contribution in [2.45, 2.75) is 90.7 Å². The third kappa shape index (κ3) is 14.7. The highest BCUT2D eigenvalue weighted by molar-refractivity contribution is 7.99. The monoisotopic (exact) mass is 361 g/mol. The van der Waals surface area contributed by atoms with E-state index in [0.29, 0.717) is 5.75 Å². The fraction of sp³-hybridized carbons (Fsp3) is 0.889. The van der Waals surface area contributed by atoms with Crippen LogP contribution in [0, 0.1) is 0 Å². The molecule has 24 heavy (non-hydrogen) atoms. The first kappa shape index (κ1) is 23.1. The van der Waals surface area contributed by atoms with E-state index in [1.165, 1.54) is 44.9 Å². The highest BCUT2D eigenvalue weighted by Crippen LogP contribution is 2.13. The molecular weight excluding hydrogens is 326 g/mol. The molecule has 0 spiro atoms. The molecule has 0 rings (SSSR count). The van der Waals surface area contributed by atoms with Gasteiger partial charge in [0.1, 0.15) is 11.6 Å². The van der Waals surface area contributed by atoms with Gasteiger partial charge in [0.2, 0.25) is 0 Å². The van der Waals surface area contributed by atoms with Crippen LogP contribution in [-0.2, 0) is 9.53 Å². The van der Waals surface area contributed by atoms with Crippen LogP contribution < -0.4 is 5.32 Å². The van der Waals surface area contributed by atoms with Crippen molar-refractivity contribution in [1.82, 2.24) is 5.32 Å². The topological polar surface area (TPSA) is 75.6 Å². The summed E-state index contributed by atoms with van der Waals surface area (Å²) >= 11 is 1.57. The molecule has 0 aromatic rings. The molecular formula is C18H35NO4S. The van der Waals surface area contributed by atoms with E-state index in [1.54, 1.807) is 32.5 Å². The van der Waals surface area contributed by atoms with Crippen LogP contribution >= 0.6 is 11.8 Å². The first-order valence-electron chi connectivity index (χ1n) is 9.06. The van der Waals surface area contributed by atoms with Crippen molar-refractivity contribution in [2.24, 2.45) is 0 Å². The van der Waals surface area contributed by atoms with Gasteiger partial charge < -0.3 is 15.2 Å². The van der Waals surface area contributed by atoms with E-state index < -0.39 is 23.7 Å². The minimum Gasteiger partial charge on any atom is -0.480 e. The molecule has 0 aliphatic carbocycles. The zero-order valence-electron chi connectivity index (χ0n) is 15.7. The molecule has 0 unspecified atom stereocenters. The molecule has 1 amide bonds. The summed E-state index contributed by atoms with van der Waals surface area (Å²) in [6.45, 7) is 7.47. The summed E-state index contributed by atoms with van der Waals surface area (Å²) < 4.78 is 5.10. The van der Waals surface area contributed by atoms with Gasteiger partial charge in [0.05, 0.1) is 0 Å². The lowest BCUT2D eigenvalue weighted by Crippen LogP contribution is -2.45. The number of carbonyl (C=O) groups is 2.